The van der Waals surface area contributed by atoms with Crippen LogP contribution >= 0.6 is 0 Å². The van der Waals surface area contributed by atoms with E-state index in [1.807, 2.05) is 6.92 Å². The second-order valence-corrected chi connectivity index (χ2v) is 20.9. The fraction of sp³-hybridized carbons (Fsp3) is 0.679. The van der Waals surface area contributed by atoms with Crippen LogP contribution in [0.15, 0.2) is 60.8 Å². The first kappa shape index (κ1) is 59.4. The van der Waals surface area contributed by atoms with Gasteiger partial charge >= 0.3 is 11.9 Å². The highest BCUT2D eigenvalue weighted by molar-refractivity contribution is 5.89. The molecule has 1 amide bonds. The molecule has 10 N–H and O–H groups in total. The second-order valence-electron chi connectivity index (χ2n) is 20.9. The topological polar surface area (TPSA) is 350 Å². The number of carboxylic acid groups (broad SMARTS) is 1. The average Bonchev–Trinajstić information content (AvgIpc) is 3.93. The molecule has 2 aliphatic carbocycles. The van der Waals surface area contributed by atoms with Gasteiger partial charge in [0.25, 0.3) is 0 Å². The van der Waals surface area contributed by atoms with Crippen molar-refractivity contribution in [2.24, 2.45) is 17.8 Å². The van der Waals surface area contributed by atoms with Crippen molar-refractivity contribution in [2.75, 3.05) is 26.4 Å². The molecular weight excluding hydrogens is 1030 g/mol. The number of aliphatic hydroxyl groups is 8. The lowest BCUT2D eigenvalue weighted by Gasteiger charge is -2.48. The molecule has 0 radical (unpaired) electrons. The van der Waals surface area contributed by atoms with E-state index in [1.165, 1.54) is 48.1 Å². The molecule has 1 aromatic heterocycles. The summed E-state index contributed by atoms with van der Waals surface area (Å²) in [4.78, 5) is 41.1. The smallest absolute Gasteiger partial charge is 0.338 e. The van der Waals surface area contributed by atoms with Crippen molar-refractivity contribution in [1.29, 1.82) is 0 Å². The summed E-state index contributed by atoms with van der Waals surface area (Å²) in [6, 6.07) is 12.2. The van der Waals surface area contributed by atoms with Crippen molar-refractivity contribution in [3.8, 4) is 11.3 Å². The van der Waals surface area contributed by atoms with Crippen LogP contribution in [0.5, 0.6) is 0 Å². The Bertz CT molecular complexity index is 2400. The molecule has 4 heterocycles. The number of rotatable bonds is 21. The number of halogens is 1. The second kappa shape index (κ2) is 27.2. The number of nitrogens with one attached hydrogen (secondary N) is 1. The van der Waals surface area contributed by atoms with Crippen LogP contribution in [-0.2, 0) is 47.5 Å². The summed E-state index contributed by atoms with van der Waals surface area (Å²) in [6.45, 7) is 1.39. The van der Waals surface area contributed by atoms with Gasteiger partial charge in [0, 0.05) is 18.0 Å². The molecule has 2 aromatic carbocycles. The number of carboxylic acids is 1. The van der Waals surface area contributed by atoms with Gasteiger partial charge in [-0.2, -0.15) is 0 Å². The van der Waals surface area contributed by atoms with Crippen molar-refractivity contribution in [1.82, 2.24) is 20.3 Å². The maximum Gasteiger partial charge on any atom is 0.338 e. The van der Waals surface area contributed by atoms with E-state index in [0.717, 1.165) is 32.1 Å². The Labute approximate surface area is 449 Å². The molecule has 2 saturated carbocycles. The molecule has 3 aromatic rings. The van der Waals surface area contributed by atoms with Crippen molar-refractivity contribution in [2.45, 2.75) is 182 Å². The van der Waals surface area contributed by atoms with Crippen LogP contribution in [0, 0.1) is 23.6 Å². The number of hydrogen-bond acceptors (Lipinski definition) is 21. The minimum absolute atomic E-state index is 0.00923. The Morgan fingerprint density at radius 3 is 2.21 bits per heavy atom. The van der Waals surface area contributed by atoms with E-state index in [4.69, 9.17) is 37.9 Å². The molecule has 12 unspecified atom stereocenters. The zero-order valence-corrected chi connectivity index (χ0v) is 43.3. The van der Waals surface area contributed by atoms with Gasteiger partial charge in [-0.05, 0) is 62.3 Å². The molecular formula is C53H73FN4O20. The molecule has 5 aliphatic rings. The number of aromatic nitrogens is 3. The maximum atomic E-state index is 14.3. The number of esters is 1. The SMILES string of the molecule is CCC1CC(C(=O)NCCO[C@H]2OC(CO)[C@@H](O)C(n3cc(-c4cccc(F)c4)nn3)C2O)C[C@@H](O[C@@H]2OC(CO)[C@H](O)C(O[C@@H](CC3CCCCC3)C(=O)O)C2OC(=O)c2ccccc2)C1O[C@@H]1OC(C)[C@@H](O)C(O)C1O. The normalized spacial score (nSPS) is 36.1. The monoisotopic (exact) mass is 1100 g/mol. The first-order chi connectivity index (χ1) is 37.5. The van der Waals surface area contributed by atoms with E-state index < -0.39 is 159 Å². The molecule has 24 nitrogen and oxygen atoms in total. The zero-order valence-electron chi connectivity index (χ0n) is 43.3. The third-order valence-electron chi connectivity index (χ3n) is 15.6. The molecule has 3 aliphatic heterocycles. The third-order valence-corrected chi connectivity index (χ3v) is 15.6. The van der Waals surface area contributed by atoms with Crippen LogP contribution in [0.4, 0.5) is 4.39 Å². The fourth-order valence-electron chi connectivity index (χ4n) is 11.3. The lowest BCUT2D eigenvalue weighted by atomic mass is 9.75. The van der Waals surface area contributed by atoms with Crippen molar-refractivity contribution in [3.63, 3.8) is 0 Å². The summed E-state index contributed by atoms with van der Waals surface area (Å²) in [5.41, 5.74) is 0.707. The number of carbonyl (C=O) groups is 3. The standard InChI is InChI=1S/C53H73FN4O20/c1-3-28-20-31(48(67)55-17-18-71-51-42(64)38(40(62)36(24-59)75-51)58-23-33(56-57-58)30-15-10-16-32(54)21-30)22-34(45(28)78-52-44(66)43(65)39(61)26(2)72-52)74-53-47(77-50(70)29-13-8-5-9-14-29)46(41(63)37(25-60)76-53)73-35(49(68)69)19-27-11-6-4-7-12-27/h5,8-10,13-16,21,23,26-28,31,34-47,51-53,59-66H,3-4,6-7,11-12,17-20,22,24-25H2,1-2H3,(H,55,67)(H,68,69)/t26?,28?,31?,34-,35+,36?,37?,38?,39-,40-,41+,42?,43?,44?,45?,46?,47?,51+,52+,53-/m1/s1. The molecule has 3 saturated heterocycles. The minimum Gasteiger partial charge on any atom is -0.479 e. The molecule has 8 rings (SSSR count). The number of nitrogens with zero attached hydrogens (tertiary/aromatic N) is 3. The number of aliphatic hydroxyl groups excluding tert-OH is 8. The van der Waals surface area contributed by atoms with E-state index in [2.05, 4.69) is 15.6 Å². The lowest BCUT2D eigenvalue weighted by molar-refractivity contribution is -0.349. The Kier molecular flexibility index (Phi) is 20.7. The number of amides is 1. The molecule has 432 valence electrons. The molecule has 5 fully saturated rings. The quantitative estimate of drug-likeness (QED) is 0.0508. The molecule has 0 spiro atoms. The van der Waals surface area contributed by atoms with Gasteiger partial charge in [0.05, 0.1) is 49.9 Å². The molecule has 25 heteroatoms. The molecule has 78 heavy (non-hydrogen) atoms. The third kappa shape index (κ3) is 13.9. The van der Waals surface area contributed by atoms with Gasteiger partial charge in [0.2, 0.25) is 5.91 Å². The van der Waals surface area contributed by atoms with Crippen LogP contribution in [0.1, 0.15) is 88.0 Å². The molecule has 0 bridgehead atoms. The van der Waals surface area contributed by atoms with Crippen LogP contribution in [0.25, 0.3) is 11.3 Å². The number of carbonyl (C=O) groups excluding carboxylic acids is 2. The van der Waals surface area contributed by atoms with Crippen LogP contribution in [-0.4, -0.2) is 209 Å². The maximum absolute atomic E-state index is 14.3. The van der Waals surface area contributed by atoms with Crippen molar-refractivity contribution in [3.05, 3.63) is 72.2 Å². The van der Waals surface area contributed by atoms with Crippen molar-refractivity contribution < 1.29 is 103 Å². The Hall–Kier alpha value is -4.68. The predicted octanol–water partition coefficient (Wildman–Crippen LogP) is 0.344. The number of aliphatic carboxylic acids is 1. The summed E-state index contributed by atoms with van der Waals surface area (Å²) in [6.07, 6.45) is -19.2. The zero-order chi connectivity index (χ0) is 55.8. The Balaban J connectivity index is 1.02. The minimum atomic E-state index is -1.76. The summed E-state index contributed by atoms with van der Waals surface area (Å²) in [5, 5.41) is 109. The largest absolute Gasteiger partial charge is 0.479 e. The first-order valence-electron chi connectivity index (χ1n) is 26.8. The van der Waals surface area contributed by atoms with Gasteiger partial charge in [-0.15, -0.1) is 5.10 Å². The van der Waals surface area contributed by atoms with Crippen LogP contribution in [0.2, 0.25) is 0 Å². The summed E-state index contributed by atoms with van der Waals surface area (Å²) in [5.74, 6) is -4.72. The van der Waals surface area contributed by atoms with Gasteiger partial charge < -0.3 is 89.2 Å². The summed E-state index contributed by atoms with van der Waals surface area (Å²) in [7, 11) is 0. The van der Waals surface area contributed by atoms with Crippen molar-refractivity contribution >= 4 is 17.8 Å². The fourth-order valence-corrected chi connectivity index (χ4v) is 11.3. The summed E-state index contributed by atoms with van der Waals surface area (Å²) < 4.78 is 64.3. The van der Waals surface area contributed by atoms with Gasteiger partial charge in [-0.3, -0.25) is 4.79 Å². The Morgan fingerprint density at radius 1 is 0.795 bits per heavy atom. The van der Waals surface area contributed by atoms with Gasteiger partial charge in [-0.1, -0.05) is 81.0 Å². The van der Waals surface area contributed by atoms with Gasteiger partial charge in [-0.25, -0.2) is 18.7 Å². The van der Waals surface area contributed by atoms with E-state index in [-0.39, 0.29) is 49.6 Å². The van der Waals surface area contributed by atoms with Crippen LogP contribution < -0.4 is 5.32 Å². The lowest BCUT2D eigenvalue weighted by Crippen LogP contribution is -2.64. The first-order valence-corrected chi connectivity index (χ1v) is 26.8. The number of hydrogen-bond donors (Lipinski definition) is 10. The summed E-state index contributed by atoms with van der Waals surface area (Å²) >= 11 is 0. The highest BCUT2D eigenvalue weighted by Crippen LogP contribution is 2.41. The van der Waals surface area contributed by atoms with Gasteiger partial charge in [0.1, 0.15) is 72.5 Å². The highest BCUT2D eigenvalue weighted by Gasteiger charge is 2.54. The van der Waals surface area contributed by atoms with E-state index >= 15 is 0 Å². The van der Waals surface area contributed by atoms with Crippen LogP contribution in [0.3, 0.4) is 0 Å². The predicted molar refractivity (Wildman–Crippen MR) is 265 cm³/mol. The number of ether oxygens (including phenoxy) is 8. The Morgan fingerprint density at radius 2 is 1.51 bits per heavy atom. The highest BCUT2D eigenvalue weighted by atomic mass is 19.1. The molecule has 20 atom stereocenters. The van der Waals surface area contributed by atoms with Gasteiger partial charge in [0.15, 0.2) is 31.1 Å². The van der Waals surface area contributed by atoms with E-state index in [1.54, 1.807) is 24.3 Å². The van der Waals surface area contributed by atoms with E-state index in [9.17, 15) is 64.7 Å². The van der Waals surface area contributed by atoms with E-state index in [0.29, 0.717) is 12.0 Å². The number of benzene rings is 2. The average molecular weight is 1110 g/mol.